The first-order valence-corrected chi connectivity index (χ1v) is 4.60. The van der Waals surface area contributed by atoms with Crippen LogP contribution in [0.25, 0.3) is 10.1 Å². The Morgan fingerprint density at radius 3 is 3.09 bits per heavy atom. The van der Waals surface area contributed by atoms with E-state index >= 15 is 0 Å². The van der Waals surface area contributed by atoms with E-state index in [0.29, 0.717) is 0 Å². The lowest BCUT2D eigenvalue weighted by Gasteiger charge is -1.96. The van der Waals surface area contributed by atoms with Crippen molar-refractivity contribution in [2.24, 2.45) is 7.05 Å². The van der Waals surface area contributed by atoms with Gasteiger partial charge in [0.1, 0.15) is 4.64 Å². The zero-order valence-corrected chi connectivity index (χ0v) is 7.71. The highest BCUT2D eigenvalue weighted by molar-refractivity contribution is 7.71. The van der Waals surface area contributed by atoms with Crippen molar-refractivity contribution in [3.8, 4) is 0 Å². The Kier molecular flexibility index (Phi) is 1.55. The fourth-order valence-electron chi connectivity index (χ4n) is 1.04. The highest BCUT2D eigenvalue weighted by Crippen LogP contribution is 2.20. The molecular weight excluding hydrogens is 174 g/mol. The Morgan fingerprint density at radius 1 is 1.45 bits per heavy atom. The minimum atomic E-state index is 0.928. The van der Waals surface area contributed by atoms with Gasteiger partial charge in [-0.1, -0.05) is 12.2 Å². The number of rotatable bonds is 0. The summed E-state index contributed by atoms with van der Waals surface area (Å²) < 4.78 is 4.11. The summed E-state index contributed by atoms with van der Waals surface area (Å²) in [5.74, 6) is 0. The SMILES string of the molecule is Cn1ccc2ccsc2c1=S. The fourth-order valence-corrected chi connectivity index (χ4v) is 2.23. The third-order valence-corrected chi connectivity index (χ3v) is 3.25. The van der Waals surface area contributed by atoms with E-state index in [-0.39, 0.29) is 0 Å². The molecule has 2 aromatic rings. The van der Waals surface area contributed by atoms with Gasteiger partial charge in [0.25, 0.3) is 0 Å². The summed E-state index contributed by atoms with van der Waals surface area (Å²) in [7, 11) is 1.97. The number of aromatic nitrogens is 1. The molecule has 0 amide bonds. The van der Waals surface area contributed by atoms with Gasteiger partial charge in [-0.2, -0.15) is 0 Å². The molecule has 0 aliphatic rings. The quantitative estimate of drug-likeness (QED) is 0.566. The van der Waals surface area contributed by atoms with E-state index in [1.807, 2.05) is 17.8 Å². The molecule has 0 saturated carbocycles. The fraction of sp³-hybridized carbons (Fsp3) is 0.125. The average Bonchev–Trinajstić information content (AvgIpc) is 2.45. The van der Waals surface area contributed by atoms with E-state index in [9.17, 15) is 0 Å². The Labute approximate surface area is 73.9 Å². The maximum Gasteiger partial charge on any atom is 0.123 e. The molecule has 0 atom stereocenters. The van der Waals surface area contributed by atoms with Crippen molar-refractivity contribution >= 4 is 33.6 Å². The molecule has 3 heteroatoms. The normalized spacial score (nSPS) is 10.6. The first kappa shape index (κ1) is 7.00. The van der Waals surface area contributed by atoms with Gasteiger partial charge in [0.2, 0.25) is 0 Å². The van der Waals surface area contributed by atoms with Gasteiger partial charge >= 0.3 is 0 Å². The number of thiophene rings is 1. The molecule has 0 bridgehead atoms. The Bertz CT molecular complexity index is 439. The first-order valence-electron chi connectivity index (χ1n) is 3.32. The van der Waals surface area contributed by atoms with Crippen LogP contribution in [-0.2, 0) is 7.05 Å². The molecule has 0 unspecified atom stereocenters. The van der Waals surface area contributed by atoms with Crippen LogP contribution in [0.3, 0.4) is 0 Å². The number of pyridine rings is 1. The molecule has 11 heavy (non-hydrogen) atoms. The van der Waals surface area contributed by atoms with Crippen LogP contribution in [-0.4, -0.2) is 4.57 Å². The summed E-state index contributed by atoms with van der Waals surface area (Å²) in [5.41, 5.74) is 0. The van der Waals surface area contributed by atoms with Crippen molar-refractivity contribution in [1.29, 1.82) is 0 Å². The predicted octanol–water partition coefficient (Wildman–Crippen LogP) is 2.97. The minimum Gasteiger partial charge on any atom is -0.341 e. The minimum absolute atomic E-state index is 0.928. The Hall–Kier alpha value is -0.670. The van der Waals surface area contributed by atoms with E-state index < -0.39 is 0 Å². The van der Waals surface area contributed by atoms with Crippen molar-refractivity contribution in [2.45, 2.75) is 0 Å². The van der Waals surface area contributed by atoms with Gasteiger partial charge in [0, 0.05) is 13.2 Å². The summed E-state index contributed by atoms with van der Waals surface area (Å²) in [4.78, 5) is 0. The van der Waals surface area contributed by atoms with E-state index in [4.69, 9.17) is 12.2 Å². The topological polar surface area (TPSA) is 4.93 Å². The van der Waals surface area contributed by atoms with E-state index in [1.165, 1.54) is 10.1 Å². The van der Waals surface area contributed by atoms with Gasteiger partial charge in [0.05, 0.1) is 4.70 Å². The molecular formula is C8H7NS2. The molecule has 0 fully saturated rings. The molecule has 0 aliphatic carbocycles. The maximum atomic E-state index is 5.22. The molecule has 2 rings (SSSR count). The van der Waals surface area contributed by atoms with Crippen LogP contribution in [0.2, 0.25) is 0 Å². The Balaban J connectivity index is 3.05. The second kappa shape index (κ2) is 2.43. The molecule has 2 aromatic heterocycles. The molecule has 0 saturated heterocycles. The van der Waals surface area contributed by atoms with Gasteiger partial charge in [-0.25, -0.2) is 0 Å². The largest absolute Gasteiger partial charge is 0.341 e. The van der Waals surface area contributed by atoms with Crippen molar-refractivity contribution in [2.75, 3.05) is 0 Å². The van der Waals surface area contributed by atoms with Crippen LogP contribution in [0.4, 0.5) is 0 Å². The van der Waals surface area contributed by atoms with Gasteiger partial charge in [0.15, 0.2) is 0 Å². The average molecular weight is 181 g/mol. The molecule has 0 N–H and O–H groups in total. The highest BCUT2D eigenvalue weighted by Gasteiger charge is 1.96. The van der Waals surface area contributed by atoms with Crippen LogP contribution in [0.5, 0.6) is 0 Å². The van der Waals surface area contributed by atoms with Crippen molar-refractivity contribution in [3.05, 3.63) is 28.4 Å². The molecule has 0 aliphatic heterocycles. The molecule has 2 heterocycles. The van der Waals surface area contributed by atoms with E-state index in [0.717, 1.165) is 4.64 Å². The van der Waals surface area contributed by atoms with Crippen LogP contribution in [0.1, 0.15) is 0 Å². The summed E-state index contributed by atoms with van der Waals surface area (Å²) in [6.07, 6.45) is 2.00. The lowest BCUT2D eigenvalue weighted by Crippen LogP contribution is -1.88. The van der Waals surface area contributed by atoms with Crippen LogP contribution >= 0.6 is 23.6 Å². The molecule has 1 nitrogen and oxygen atoms in total. The third-order valence-electron chi connectivity index (χ3n) is 1.69. The summed E-state index contributed by atoms with van der Waals surface area (Å²) in [6, 6.07) is 4.18. The van der Waals surface area contributed by atoms with Gasteiger partial charge < -0.3 is 4.57 Å². The zero-order chi connectivity index (χ0) is 7.84. The van der Waals surface area contributed by atoms with E-state index in [1.54, 1.807) is 11.3 Å². The van der Waals surface area contributed by atoms with Gasteiger partial charge in [-0.15, -0.1) is 11.3 Å². The highest BCUT2D eigenvalue weighted by atomic mass is 32.1. The standard InChI is InChI=1S/C8H7NS2/c1-9-4-2-6-3-5-11-7(6)8(9)10/h2-5H,1H3. The van der Waals surface area contributed by atoms with Crippen LogP contribution in [0, 0.1) is 4.64 Å². The second-order valence-electron chi connectivity index (χ2n) is 2.44. The third kappa shape index (κ3) is 1.01. The summed E-state index contributed by atoms with van der Waals surface area (Å²) >= 11 is 6.93. The number of hydrogen-bond donors (Lipinski definition) is 0. The van der Waals surface area contributed by atoms with Crippen molar-refractivity contribution in [3.63, 3.8) is 0 Å². The number of aryl methyl sites for hydroxylation is 1. The van der Waals surface area contributed by atoms with Gasteiger partial charge in [-0.05, 0) is 22.9 Å². The predicted molar refractivity (Wildman–Crippen MR) is 51.6 cm³/mol. The lowest BCUT2D eigenvalue weighted by molar-refractivity contribution is 0.901. The zero-order valence-electron chi connectivity index (χ0n) is 6.07. The van der Waals surface area contributed by atoms with E-state index in [2.05, 4.69) is 17.5 Å². The molecule has 0 spiro atoms. The Morgan fingerprint density at radius 2 is 2.27 bits per heavy atom. The number of nitrogens with zero attached hydrogens (tertiary/aromatic N) is 1. The number of hydrogen-bond acceptors (Lipinski definition) is 2. The van der Waals surface area contributed by atoms with Crippen molar-refractivity contribution < 1.29 is 0 Å². The van der Waals surface area contributed by atoms with Crippen LogP contribution in [0.15, 0.2) is 23.7 Å². The maximum absolute atomic E-state index is 5.22. The second-order valence-corrected chi connectivity index (χ2v) is 3.74. The number of fused-ring (bicyclic) bond motifs is 1. The molecule has 0 radical (unpaired) electrons. The summed E-state index contributed by atoms with van der Waals surface area (Å²) in [5, 5.41) is 3.32. The van der Waals surface area contributed by atoms with Gasteiger partial charge in [-0.3, -0.25) is 0 Å². The van der Waals surface area contributed by atoms with Crippen molar-refractivity contribution in [1.82, 2.24) is 4.57 Å². The first-order chi connectivity index (χ1) is 5.29. The summed E-state index contributed by atoms with van der Waals surface area (Å²) in [6.45, 7) is 0. The lowest BCUT2D eigenvalue weighted by atomic mass is 10.3. The smallest absolute Gasteiger partial charge is 0.123 e. The molecule has 0 aromatic carbocycles. The monoisotopic (exact) mass is 181 g/mol. The molecule has 56 valence electrons. The van der Waals surface area contributed by atoms with Crippen LogP contribution < -0.4 is 0 Å².